The Morgan fingerprint density at radius 1 is 1.23 bits per heavy atom. The number of aryl methyl sites for hydroxylation is 1. The third-order valence-electron chi connectivity index (χ3n) is 6.27. The van der Waals surface area contributed by atoms with Gasteiger partial charge in [-0.3, -0.25) is 4.79 Å². The van der Waals surface area contributed by atoms with E-state index in [1.807, 2.05) is 17.0 Å². The lowest BCUT2D eigenvalue weighted by Gasteiger charge is -2.29. The molecule has 0 spiro atoms. The molecule has 2 aliphatic rings. The fourth-order valence-corrected chi connectivity index (χ4v) is 4.65. The number of hydrogen-bond acceptors (Lipinski definition) is 3. The average molecular weight is 407 g/mol. The number of carbonyl (C=O) groups is 1. The molecule has 2 heterocycles. The van der Waals surface area contributed by atoms with Gasteiger partial charge in [0, 0.05) is 29.9 Å². The molecule has 30 heavy (non-hydrogen) atoms. The smallest absolute Gasteiger partial charge is 0.257 e. The van der Waals surface area contributed by atoms with Crippen LogP contribution in [0.3, 0.4) is 0 Å². The van der Waals surface area contributed by atoms with Crippen LogP contribution < -0.4 is 10.2 Å². The lowest BCUT2D eigenvalue weighted by Crippen LogP contribution is -2.36. The van der Waals surface area contributed by atoms with Gasteiger partial charge < -0.3 is 19.9 Å². The van der Waals surface area contributed by atoms with E-state index in [1.54, 1.807) is 12.1 Å². The summed E-state index contributed by atoms with van der Waals surface area (Å²) >= 11 is 0. The maximum Gasteiger partial charge on any atom is 0.257 e. The Morgan fingerprint density at radius 2 is 2.07 bits per heavy atom. The van der Waals surface area contributed by atoms with E-state index in [9.17, 15) is 9.18 Å². The molecule has 1 amide bonds. The van der Waals surface area contributed by atoms with E-state index in [-0.39, 0.29) is 11.7 Å². The van der Waals surface area contributed by atoms with Gasteiger partial charge in [0.1, 0.15) is 5.82 Å². The first-order valence-electron chi connectivity index (χ1n) is 10.7. The Hall–Kier alpha value is -2.86. The van der Waals surface area contributed by atoms with Crippen molar-refractivity contribution in [3.8, 4) is 0 Å². The summed E-state index contributed by atoms with van der Waals surface area (Å²) in [6.45, 7) is 4.80. The number of anilines is 2. The Balaban J connectivity index is 1.40. The molecule has 1 aromatic heterocycles. The Morgan fingerprint density at radius 3 is 2.87 bits per heavy atom. The topological polar surface area (TPSA) is 57.4 Å². The monoisotopic (exact) mass is 407 g/mol. The first-order valence-corrected chi connectivity index (χ1v) is 10.7. The van der Waals surface area contributed by atoms with E-state index >= 15 is 0 Å². The van der Waals surface area contributed by atoms with Crippen LogP contribution >= 0.6 is 0 Å². The highest BCUT2D eigenvalue weighted by Crippen LogP contribution is 2.33. The van der Waals surface area contributed by atoms with Crippen LogP contribution in [0.25, 0.3) is 10.9 Å². The second kappa shape index (κ2) is 7.76. The summed E-state index contributed by atoms with van der Waals surface area (Å²) in [5.74, 6) is 0.0879. The molecule has 1 fully saturated rings. The van der Waals surface area contributed by atoms with E-state index in [0.717, 1.165) is 30.2 Å². The van der Waals surface area contributed by atoms with Crippen LogP contribution in [0.15, 0.2) is 36.4 Å². The van der Waals surface area contributed by atoms with Crippen molar-refractivity contribution >= 4 is 28.2 Å². The molecule has 1 aliphatic carbocycles. The maximum atomic E-state index is 14.7. The second-order valence-corrected chi connectivity index (χ2v) is 8.38. The fraction of sp³-hybridized carbons (Fsp3) is 0.375. The molecule has 6 heteroatoms. The number of H-pyrrole nitrogens is 1. The van der Waals surface area contributed by atoms with Gasteiger partial charge in [-0.05, 0) is 55.0 Å². The van der Waals surface area contributed by atoms with Crippen molar-refractivity contribution < 1.29 is 13.9 Å². The van der Waals surface area contributed by atoms with Crippen LogP contribution in [0.1, 0.15) is 35.0 Å². The molecule has 5 nitrogen and oxygen atoms in total. The summed E-state index contributed by atoms with van der Waals surface area (Å²) in [4.78, 5) is 18.5. The second-order valence-electron chi connectivity index (χ2n) is 8.38. The van der Waals surface area contributed by atoms with Crippen LogP contribution in [0, 0.1) is 11.7 Å². The summed E-state index contributed by atoms with van der Waals surface area (Å²) in [5, 5.41) is 3.99. The van der Waals surface area contributed by atoms with Gasteiger partial charge in [0.05, 0.1) is 30.0 Å². The first kappa shape index (κ1) is 19.1. The average Bonchev–Trinajstić information content (AvgIpc) is 3.12. The number of aromatic nitrogens is 1. The zero-order chi connectivity index (χ0) is 20.7. The van der Waals surface area contributed by atoms with Gasteiger partial charge in [-0.1, -0.05) is 19.1 Å². The molecule has 2 aromatic carbocycles. The molecule has 1 saturated heterocycles. The summed E-state index contributed by atoms with van der Waals surface area (Å²) in [7, 11) is 0. The molecular formula is C24H26FN3O2. The van der Waals surface area contributed by atoms with Gasteiger partial charge in [-0.2, -0.15) is 0 Å². The number of fused-ring (bicyclic) bond motifs is 3. The minimum absolute atomic E-state index is 0.231. The quantitative estimate of drug-likeness (QED) is 0.671. The third kappa shape index (κ3) is 3.45. The Bertz CT molecular complexity index is 1100. The fourth-order valence-electron chi connectivity index (χ4n) is 4.65. The molecule has 156 valence electrons. The van der Waals surface area contributed by atoms with E-state index in [2.05, 4.69) is 23.3 Å². The minimum atomic E-state index is -0.336. The summed E-state index contributed by atoms with van der Waals surface area (Å²) in [6.07, 6.45) is 3.21. The van der Waals surface area contributed by atoms with Gasteiger partial charge in [-0.15, -0.1) is 0 Å². The Kier molecular flexibility index (Phi) is 4.95. The van der Waals surface area contributed by atoms with Gasteiger partial charge in [0.25, 0.3) is 5.91 Å². The predicted molar refractivity (Wildman–Crippen MR) is 117 cm³/mol. The number of halogens is 1. The standard InChI is InChI=1S/C24H26FN3O2/c1-15-5-7-21-19(13-15)17-3-2-4-18(23(17)27-21)24(29)26-16-6-8-22(20(25)14-16)28-9-11-30-12-10-28/h2-4,6,8,14-15,27H,5,7,9-13H2,1H3,(H,26,29). The molecule has 1 unspecified atom stereocenters. The number of rotatable bonds is 3. The van der Waals surface area contributed by atoms with Gasteiger partial charge in [-0.25, -0.2) is 4.39 Å². The highest BCUT2D eigenvalue weighted by Gasteiger charge is 2.22. The van der Waals surface area contributed by atoms with Crippen molar-refractivity contribution in [2.45, 2.75) is 26.2 Å². The SMILES string of the molecule is CC1CCc2[nH]c3c(C(=O)Nc4ccc(N5CCOCC5)c(F)c4)cccc3c2C1. The van der Waals surface area contributed by atoms with Crippen LogP contribution in [0.2, 0.25) is 0 Å². The van der Waals surface area contributed by atoms with Crippen molar-refractivity contribution in [1.29, 1.82) is 0 Å². The molecule has 0 radical (unpaired) electrons. The normalized spacial score (nSPS) is 19.0. The number of para-hydroxylation sites is 1. The van der Waals surface area contributed by atoms with Crippen LogP contribution in [0.5, 0.6) is 0 Å². The van der Waals surface area contributed by atoms with Crippen molar-refractivity contribution in [2.75, 3.05) is 36.5 Å². The third-order valence-corrected chi connectivity index (χ3v) is 6.27. The van der Waals surface area contributed by atoms with Gasteiger partial charge >= 0.3 is 0 Å². The number of amides is 1. The molecule has 3 aromatic rings. The lowest BCUT2D eigenvalue weighted by molar-refractivity contribution is 0.102. The number of aromatic amines is 1. The van der Waals surface area contributed by atoms with E-state index in [1.165, 1.54) is 17.3 Å². The van der Waals surface area contributed by atoms with E-state index < -0.39 is 0 Å². The van der Waals surface area contributed by atoms with Crippen molar-refractivity contribution in [3.05, 3.63) is 59.0 Å². The molecule has 1 aliphatic heterocycles. The molecule has 0 saturated carbocycles. The molecular weight excluding hydrogens is 381 g/mol. The molecule has 5 rings (SSSR count). The van der Waals surface area contributed by atoms with Crippen molar-refractivity contribution in [1.82, 2.24) is 4.98 Å². The number of nitrogens with one attached hydrogen (secondary N) is 2. The van der Waals surface area contributed by atoms with Crippen LogP contribution in [-0.2, 0) is 17.6 Å². The molecule has 1 atom stereocenters. The lowest BCUT2D eigenvalue weighted by atomic mass is 9.87. The number of nitrogens with zero attached hydrogens (tertiary/aromatic N) is 1. The Labute approximate surface area is 175 Å². The zero-order valence-electron chi connectivity index (χ0n) is 17.1. The van der Waals surface area contributed by atoms with E-state index in [4.69, 9.17) is 4.74 Å². The van der Waals surface area contributed by atoms with Crippen molar-refractivity contribution in [2.24, 2.45) is 5.92 Å². The number of morpholine rings is 1. The number of carbonyl (C=O) groups excluding carboxylic acids is 1. The van der Waals surface area contributed by atoms with Gasteiger partial charge in [0.2, 0.25) is 0 Å². The number of hydrogen-bond donors (Lipinski definition) is 2. The zero-order valence-corrected chi connectivity index (χ0v) is 17.1. The largest absolute Gasteiger partial charge is 0.378 e. The predicted octanol–water partition coefficient (Wildman–Crippen LogP) is 4.52. The maximum absolute atomic E-state index is 14.7. The number of benzene rings is 2. The van der Waals surface area contributed by atoms with E-state index in [0.29, 0.717) is 49.2 Å². The number of ether oxygens (including phenoxy) is 1. The molecule has 2 N–H and O–H groups in total. The van der Waals surface area contributed by atoms with Gasteiger partial charge in [0.15, 0.2) is 0 Å². The first-order chi connectivity index (χ1) is 14.6. The van der Waals surface area contributed by atoms with Crippen LogP contribution in [0.4, 0.5) is 15.8 Å². The summed E-state index contributed by atoms with van der Waals surface area (Å²) in [6, 6.07) is 10.7. The molecule has 0 bridgehead atoms. The van der Waals surface area contributed by atoms with Crippen LogP contribution in [-0.4, -0.2) is 37.2 Å². The highest BCUT2D eigenvalue weighted by atomic mass is 19.1. The summed E-state index contributed by atoms with van der Waals surface area (Å²) < 4.78 is 20.0. The van der Waals surface area contributed by atoms with Crippen molar-refractivity contribution in [3.63, 3.8) is 0 Å². The highest BCUT2D eigenvalue weighted by molar-refractivity contribution is 6.12. The summed E-state index contributed by atoms with van der Waals surface area (Å²) in [5.41, 5.74) is 5.04. The minimum Gasteiger partial charge on any atom is -0.378 e.